The summed E-state index contributed by atoms with van der Waals surface area (Å²) in [5, 5.41) is 18.2. The molecule has 1 unspecified atom stereocenters. The predicted molar refractivity (Wildman–Crippen MR) is 141 cm³/mol. The molecule has 36 heavy (non-hydrogen) atoms. The minimum atomic E-state index is -0.756. The predicted octanol–water partition coefficient (Wildman–Crippen LogP) is 6.34. The highest BCUT2D eigenvalue weighted by Gasteiger charge is 2.28. The van der Waals surface area contributed by atoms with Gasteiger partial charge in [0, 0.05) is 11.4 Å². The van der Waals surface area contributed by atoms with Gasteiger partial charge in [-0.3, -0.25) is 14.3 Å². The van der Waals surface area contributed by atoms with Gasteiger partial charge in [0.25, 0.3) is 5.91 Å². The number of amides is 1. The summed E-state index contributed by atoms with van der Waals surface area (Å²) in [6.07, 6.45) is 4.17. The summed E-state index contributed by atoms with van der Waals surface area (Å²) < 4.78 is 1.86. The summed E-state index contributed by atoms with van der Waals surface area (Å²) in [5.41, 5.74) is 4.57. The standard InChI is InChI=1S/C29H28ClN3O3/c1-18(19-7-9-21(10-8-19)20-5-3-2-4-6-20)33-27-24(15-16-26(30)25(27)17-31-33)28(34)32-23-13-11-22(12-14-23)29(35)36/h2-10,15-18,22-23H,11-14H2,1H3,(H,32,34)(H,35,36). The van der Waals surface area contributed by atoms with E-state index < -0.39 is 5.97 Å². The van der Waals surface area contributed by atoms with E-state index in [-0.39, 0.29) is 23.9 Å². The number of carbonyl (C=O) groups is 2. The maximum Gasteiger partial charge on any atom is 0.306 e. The van der Waals surface area contributed by atoms with Gasteiger partial charge < -0.3 is 10.4 Å². The molecule has 0 spiro atoms. The molecule has 0 bridgehead atoms. The van der Waals surface area contributed by atoms with Crippen molar-refractivity contribution in [2.75, 3.05) is 0 Å². The number of carboxylic acids is 1. The van der Waals surface area contributed by atoms with Crippen molar-refractivity contribution in [2.24, 2.45) is 5.92 Å². The maximum atomic E-state index is 13.4. The van der Waals surface area contributed by atoms with Gasteiger partial charge in [-0.25, -0.2) is 0 Å². The molecule has 1 heterocycles. The van der Waals surface area contributed by atoms with Crippen LogP contribution < -0.4 is 5.32 Å². The summed E-state index contributed by atoms with van der Waals surface area (Å²) in [4.78, 5) is 24.6. The van der Waals surface area contributed by atoms with E-state index in [1.165, 1.54) is 0 Å². The third-order valence-corrected chi connectivity index (χ3v) is 7.56. The number of nitrogens with one attached hydrogen (secondary N) is 1. The monoisotopic (exact) mass is 501 g/mol. The molecule has 1 atom stereocenters. The Balaban J connectivity index is 1.41. The number of hydrogen-bond donors (Lipinski definition) is 2. The van der Waals surface area contributed by atoms with Gasteiger partial charge in [-0.1, -0.05) is 66.2 Å². The van der Waals surface area contributed by atoms with Crippen molar-refractivity contribution in [3.8, 4) is 11.1 Å². The lowest BCUT2D eigenvalue weighted by atomic mass is 9.86. The van der Waals surface area contributed by atoms with Crippen LogP contribution in [-0.2, 0) is 4.79 Å². The van der Waals surface area contributed by atoms with E-state index in [2.05, 4.69) is 53.7 Å². The number of fused-ring (bicyclic) bond motifs is 1. The summed E-state index contributed by atoms with van der Waals surface area (Å²) >= 11 is 6.48. The first-order chi connectivity index (χ1) is 17.4. The number of aromatic nitrogens is 2. The highest BCUT2D eigenvalue weighted by molar-refractivity contribution is 6.36. The quantitative estimate of drug-likeness (QED) is 0.323. The number of carboxylic acid groups (broad SMARTS) is 1. The molecule has 4 aromatic rings. The fraction of sp³-hybridized carbons (Fsp3) is 0.276. The van der Waals surface area contributed by atoms with Crippen LogP contribution >= 0.6 is 11.6 Å². The second-order valence-electron chi connectivity index (χ2n) is 9.47. The Morgan fingerprint density at radius 2 is 1.64 bits per heavy atom. The average Bonchev–Trinajstić information content (AvgIpc) is 3.35. The molecular weight excluding hydrogens is 474 g/mol. The van der Waals surface area contributed by atoms with E-state index in [1.807, 2.05) is 22.9 Å². The van der Waals surface area contributed by atoms with Crippen LogP contribution in [0.5, 0.6) is 0 Å². The van der Waals surface area contributed by atoms with Crippen LogP contribution in [0, 0.1) is 5.92 Å². The minimum absolute atomic E-state index is 0.0434. The van der Waals surface area contributed by atoms with Gasteiger partial charge in [-0.15, -0.1) is 0 Å². The highest BCUT2D eigenvalue weighted by Crippen LogP contribution is 2.32. The molecule has 184 valence electrons. The third-order valence-electron chi connectivity index (χ3n) is 7.23. The molecule has 0 radical (unpaired) electrons. The summed E-state index contributed by atoms with van der Waals surface area (Å²) in [7, 11) is 0. The van der Waals surface area contributed by atoms with E-state index in [0.717, 1.165) is 22.1 Å². The molecule has 1 fully saturated rings. The lowest BCUT2D eigenvalue weighted by molar-refractivity contribution is -0.142. The smallest absolute Gasteiger partial charge is 0.306 e. The molecule has 2 N–H and O–H groups in total. The maximum absolute atomic E-state index is 13.4. The molecule has 1 aliphatic rings. The number of rotatable bonds is 6. The molecule has 0 aliphatic heterocycles. The van der Waals surface area contributed by atoms with Gasteiger partial charge in [-0.05, 0) is 61.4 Å². The van der Waals surface area contributed by atoms with Crippen LogP contribution in [0.1, 0.15) is 54.6 Å². The Hall–Kier alpha value is -3.64. The van der Waals surface area contributed by atoms with Crippen molar-refractivity contribution in [3.63, 3.8) is 0 Å². The van der Waals surface area contributed by atoms with Gasteiger partial charge in [0.05, 0.1) is 34.3 Å². The molecule has 1 aromatic heterocycles. The van der Waals surface area contributed by atoms with Crippen LogP contribution in [-0.4, -0.2) is 32.8 Å². The zero-order chi connectivity index (χ0) is 25.2. The molecule has 0 saturated heterocycles. The zero-order valence-electron chi connectivity index (χ0n) is 20.0. The highest BCUT2D eigenvalue weighted by atomic mass is 35.5. The fourth-order valence-corrected chi connectivity index (χ4v) is 5.28. The number of hydrogen-bond acceptors (Lipinski definition) is 3. The van der Waals surface area contributed by atoms with E-state index >= 15 is 0 Å². The van der Waals surface area contributed by atoms with Crippen LogP contribution in [0.25, 0.3) is 22.0 Å². The second-order valence-corrected chi connectivity index (χ2v) is 9.88. The SMILES string of the molecule is CC(c1ccc(-c2ccccc2)cc1)n1ncc2c(Cl)ccc(C(=O)NC3CCC(C(=O)O)CC3)c21. The van der Waals surface area contributed by atoms with Crippen LogP contribution in [0.3, 0.4) is 0 Å². The number of benzene rings is 3. The molecule has 1 amide bonds. The van der Waals surface area contributed by atoms with Crippen LogP contribution in [0.4, 0.5) is 0 Å². The van der Waals surface area contributed by atoms with E-state index in [0.29, 0.717) is 41.8 Å². The molecular formula is C29H28ClN3O3. The first-order valence-electron chi connectivity index (χ1n) is 12.3. The average molecular weight is 502 g/mol. The lowest BCUT2D eigenvalue weighted by Crippen LogP contribution is -2.39. The fourth-order valence-electron chi connectivity index (χ4n) is 5.08. The summed E-state index contributed by atoms with van der Waals surface area (Å²) in [5.74, 6) is -1.27. The number of carbonyl (C=O) groups excluding carboxylic acids is 1. The van der Waals surface area contributed by atoms with E-state index in [4.69, 9.17) is 11.6 Å². The van der Waals surface area contributed by atoms with E-state index in [1.54, 1.807) is 18.3 Å². The molecule has 3 aromatic carbocycles. The Morgan fingerprint density at radius 1 is 0.972 bits per heavy atom. The zero-order valence-corrected chi connectivity index (χ0v) is 20.8. The van der Waals surface area contributed by atoms with E-state index in [9.17, 15) is 14.7 Å². The first-order valence-corrected chi connectivity index (χ1v) is 12.6. The number of halogens is 1. The Morgan fingerprint density at radius 3 is 2.31 bits per heavy atom. The summed E-state index contributed by atoms with van der Waals surface area (Å²) in [6, 6.07) is 21.9. The van der Waals surface area contributed by atoms with Crippen molar-refractivity contribution in [1.82, 2.24) is 15.1 Å². The van der Waals surface area contributed by atoms with Gasteiger partial charge in [0.1, 0.15) is 0 Å². The Bertz CT molecular complexity index is 1390. The minimum Gasteiger partial charge on any atom is -0.481 e. The van der Waals surface area contributed by atoms with Crippen molar-refractivity contribution in [2.45, 2.75) is 44.7 Å². The molecule has 7 heteroatoms. The third kappa shape index (κ3) is 4.73. The van der Waals surface area contributed by atoms with Gasteiger partial charge in [0.2, 0.25) is 0 Å². The van der Waals surface area contributed by atoms with Gasteiger partial charge in [-0.2, -0.15) is 5.10 Å². The largest absolute Gasteiger partial charge is 0.481 e. The molecule has 1 saturated carbocycles. The van der Waals surface area contributed by atoms with Gasteiger partial charge >= 0.3 is 5.97 Å². The van der Waals surface area contributed by atoms with Crippen molar-refractivity contribution in [3.05, 3.63) is 89.1 Å². The number of nitrogens with zero attached hydrogens (tertiary/aromatic N) is 2. The second kappa shape index (κ2) is 10.2. The molecule has 6 nitrogen and oxygen atoms in total. The summed E-state index contributed by atoms with van der Waals surface area (Å²) in [6.45, 7) is 2.06. The normalized spacial score (nSPS) is 18.6. The molecule has 1 aliphatic carbocycles. The Labute approximate surface area is 214 Å². The molecule has 5 rings (SSSR count). The van der Waals surface area contributed by atoms with Crippen LogP contribution in [0.15, 0.2) is 72.9 Å². The van der Waals surface area contributed by atoms with Crippen LogP contribution in [0.2, 0.25) is 5.02 Å². The Kier molecular flexibility index (Phi) is 6.79. The van der Waals surface area contributed by atoms with Gasteiger partial charge in [0.15, 0.2) is 0 Å². The van der Waals surface area contributed by atoms with Crippen molar-refractivity contribution < 1.29 is 14.7 Å². The lowest BCUT2D eigenvalue weighted by Gasteiger charge is -2.27. The number of aliphatic carboxylic acids is 1. The first kappa shape index (κ1) is 24.1. The van der Waals surface area contributed by atoms with Crippen molar-refractivity contribution in [1.29, 1.82) is 0 Å². The van der Waals surface area contributed by atoms with Crippen molar-refractivity contribution >= 4 is 34.4 Å². The topological polar surface area (TPSA) is 84.2 Å².